The van der Waals surface area contributed by atoms with E-state index in [1.165, 1.54) is 27.4 Å². The molecule has 4 aromatic heterocycles. The minimum Gasteiger partial charge on any atom is -0.461 e. The molecule has 1 aliphatic heterocycles. The van der Waals surface area contributed by atoms with Crippen LogP contribution in [0.4, 0.5) is 15.7 Å². The Morgan fingerprint density at radius 1 is 1.00 bits per heavy atom. The van der Waals surface area contributed by atoms with E-state index in [0.29, 0.717) is 35.8 Å². The van der Waals surface area contributed by atoms with E-state index in [0.717, 1.165) is 42.8 Å². The van der Waals surface area contributed by atoms with Crippen molar-refractivity contribution in [3.63, 3.8) is 0 Å². The third kappa shape index (κ3) is 5.45. The molecule has 6 aromatic rings. The van der Waals surface area contributed by atoms with Gasteiger partial charge < -0.3 is 30.3 Å². The Bertz CT molecular complexity index is 2130. The minimum atomic E-state index is -0.597. The molecule has 44 heavy (non-hydrogen) atoms. The van der Waals surface area contributed by atoms with Gasteiger partial charge in [-0.15, -0.1) is 22.7 Å². The number of hydrogen-bond acceptors (Lipinski definition) is 12. The molecule has 0 amide bonds. The van der Waals surface area contributed by atoms with Gasteiger partial charge in [0.25, 0.3) is 5.56 Å². The highest BCUT2D eigenvalue weighted by Crippen LogP contribution is 2.37. The Kier molecular flexibility index (Phi) is 8.40. The molecule has 0 bridgehead atoms. The van der Waals surface area contributed by atoms with Crippen LogP contribution >= 0.6 is 38.6 Å². The number of aromatic nitrogens is 2. The fraction of sp³-hybridized carbons (Fsp3) is 0.200. The molecule has 2 aromatic carbocycles. The Labute approximate surface area is 266 Å². The molecule has 1 aliphatic rings. The molecule has 0 atom stereocenters. The second-order valence-corrected chi connectivity index (χ2v) is 13.0. The molecule has 0 unspecified atom stereocenters. The van der Waals surface area contributed by atoms with E-state index >= 15 is 0 Å². The number of nitrogens with two attached hydrogens (primary N) is 2. The third-order valence-corrected chi connectivity index (χ3v) is 9.56. The molecule has 226 valence electrons. The van der Waals surface area contributed by atoms with Crippen molar-refractivity contribution in [3.8, 4) is 5.69 Å². The zero-order valence-corrected chi connectivity index (χ0v) is 26.6. The van der Waals surface area contributed by atoms with E-state index in [-0.39, 0.29) is 28.9 Å². The highest BCUT2D eigenvalue weighted by Gasteiger charge is 2.24. The number of nitrogens with zero attached hydrogens (tertiary/aromatic N) is 3. The molecule has 0 aliphatic carbocycles. The molecule has 4 N–H and O–H groups in total. The van der Waals surface area contributed by atoms with Gasteiger partial charge in [-0.05, 0) is 47.1 Å². The number of fused-ring (bicyclic) bond motifs is 4. The molecule has 1 saturated heterocycles. The maximum atomic E-state index is 12.7. The van der Waals surface area contributed by atoms with E-state index in [1.807, 2.05) is 23.6 Å². The first-order chi connectivity index (χ1) is 21.3. The second kappa shape index (κ2) is 12.4. The number of ether oxygens (including phenoxy) is 2. The van der Waals surface area contributed by atoms with Crippen molar-refractivity contribution in [2.45, 2.75) is 6.92 Å². The van der Waals surface area contributed by atoms with Crippen molar-refractivity contribution in [2.24, 2.45) is 0 Å². The van der Waals surface area contributed by atoms with E-state index in [2.05, 4.69) is 32.0 Å². The van der Waals surface area contributed by atoms with Crippen LogP contribution in [0.5, 0.6) is 0 Å². The van der Waals surface area contributed by atoms with Crippen LogP contribution in [-0.2, 0) is 9.47 Å². The molecule has 7 rings (SSSR count). The molecule has 0 radical (unpaired) electrons. The molecule has 14 heteroatoms. The summed E-state index contributed by atoms with van der Waals surface area (Å²) in [7, 11) is 0. The first-order valence-corrected chi connectivity index (χ1v) is 16.1. The number of thiophene rings is 2. The normalized spacial score (nSPS) is 13.3. The molecule has 11 nitrogen and oxygen atoms in total. The summed E-state index contributed by atoms with van der Waals surface area (Å²) < 4.78 is 17.6. The number of morpholine rings is 1. The lowest BCUT2D eigenvalue weighted by atomic mass is 10.1. The smallest absolute Gasteiger partial charge is 0.359 e. The van der Waals surface area contributed by atoms with Gasteiger partial charge in [-0.1, -0.05) is 18.2 Å². The fourth-order valence-corrected chi connectivity index (χ4v) is 7.50. The Morgan fingerprint density at radius 3 is 2.48 bits per heavy atom. The Hall–Kier alpha value is -4.24. The lowest BCUT2D eigenvalue weighted by Crippen LogP contribution is -2.36. The second-order valence-electron chi connectivity index (χ2n) is 9.67. The van der Waals surface area contributed by atoms with Crippen LogP contribution in [0.2, 0.25) is 0 Å². The van der Waals surface area contributed by atoms with E-state index in [4.69, 9.17) is 25.4 Å². The zero-order chi connectivity index (χ0) is 31.0. The van der Waals surface area contributed by atoms with Gasteiger partial charge in [-0.3, -0.25) is 4.79 Å². The van der Waals surface area contributed by atoms with Crippen LogP contribution < -0.4 is 27.6 Å². The third-order valence-electron chi connectivity index (χ3n) is 7.06. The van der Waals surface area contributed by atoms with E-state index in [1.54, 1.807) is 31.2 Å². The first kappa shape index (κ1) is 29.8. The number of anilines is 3. The topological polar surface area (TPSA) is 156 Å². The molecule has 0 spiro atoms. The fourth-order valence-electron chi connectivity index (χ4n) is 5.00. The highest BCUT2D eigenvalue weighted by atomic mass is 79.9. The summed E-state index contributed by atoms with van der Waals surface area (Å²) in [4.78, 5) is 39.3. The van der Waals surface area contributed by atoms with E-state index in [9.17, 15) is 14.4 Å². The lowest BCUT2D eigenvalue weighted by molar-refractivity contribution is 0.0520. The number of benzene rings is 2. The number of esters is 1. The van der Waals surface area contributed by atoms with Gasteiger partial charge >= 0.3 is 11.6 Å². The van der Waals surface area contributed by atoms with Gasteiger partial charge in [0.05, 0.1) is 34.7 Å². The van der Waals surface area contributed by atoms with Gasteiger partial charge in [-0.25, -0.2) is 9.59 Å². The Balaban J connectivity index is 0.000000156. The summed E-state index contributed by atoms with van der Waals surface area (Å²) in [5.41, 5.74) is 13.3. The first-order valence-electron chi connectivity index (χ1n) is 13.6. The number of carbonyl (C=O) groups is 1. The summed E-state index contributed by atoms with van der Waals surface area (Å²) in [6.45, 7) is 5.07. The van der Waals surface area contributed by atoms with E-state index < -0.39 is 5.97 Å². The lowest BCUT2D eigenvalue weighted by Gasteiger charge is -2.28. The van der Waals surface area contributed by atoms with Crippen molar-refractivity contribution in [2.75, 3.05) is 49.3 Å². The number of para-hydroxylation sites is 1. The predicted molar refractivity (Wildman–Crippen MR) is 179 cm³/mol. The number of carbonyl (C=O) groups excluding carboxylic acids is 1. The van der Waals surface area contributed by atoms with Crippen LogP contribution in [-0.4, -0.2) is 48.7 Å². The summed E-state index contributed by atoms with van der Waals surface area (Å²) >= 11 is 5.90. The molecule has 5 heterocycles. The van der Waals surface area contributed by atoms with Crippen molar-refractivity contribution in [3.05, 3.63) is 84.2 Å². The predicted octanol–water partition coefficient (Wildman–Crippen LogP) is 5.40. The monoisotopic (exact) mass is 695 g/mol. The van der Waals surface area contributed by atoms with Gasteiger partial charge in [-0.2, -0.15) is 9.78 Å². The zero-order valence-electron chi connectivity index (χ0n) is 23.4. The van der Waals surface area contributed by atoms with Crippen LogP contribution in [0.1, 0.15) is 17.4 Å². The number of nitrogen functional groups attached to an aromatic ring is 2. The maximum Gasteiger partial charge on any atom is 0.359 e. The summed E-state index contributed by atoms with van der Waals surface area (Å²) in [6.07, 6.45) is 0. The Morgan fingerprint density at radius 2 is 1.75 bits per heavy atom. The number of rotatable bonds is 4. The van der Waals surface area contributed by atoms with Crippen molar-refractivity contribution in [1.82, 2.24) is 9.78 Å². The minimum absolute atomic E-state index is 0.0603. The maximum absolute atomic E-state index is 12.7. The molecular formula is C30H26BrN5O6S2. The number of hydrogen-bond donors (Lipinski definition) is 2. The SMILES string of the molecule is CCOC(=O)c1nn(-c2ccccc2)c(=O)c2c(N)sc(Br)c12.Nc1scc2c1c(=O)oc1cc(N3CCOCC3)ccc12. The van der Waals surface area contributed by atoms with Crippen molar-refractivity contribution in [1.29, 1.82) is 0 Å². The van der Waals surface area contributed by atoms with Crippen LogP contribution in [0.15, 0.2) is 71.7 Å². The number of halogens is 1. The van der Waals surface area contributed by atoms with Gasteiger partial charge in [0.15, 0.2) is 5.69 Å². The standard InChI is InChI=1S/C15H12BrN3O3S.C15H14N2O3S/c1-2-22-15(21)11-9-10(13(17)23-12(9)16)14(20)19(18-11)8-6-4-3-5-7-8;16-14-13-11(8-21-14)10-2-1-9(7-12(10)20-15(13)18)17-3-5-19-6-4-17/h3-7H,2,17H2,1H3;1-2,7-8H,3-6,16H2. The summed E-state index contributed by atoms with van der Waals surface area (Å²) in [5.74, 6) is -0.597. The van der Waals surface area contributed by atoms with Crippen molar-refractivity contribution < 1.29 is 18.7 Å². The largest absolute Gasteiger partial charge is 0.461 e. The molecular weight excluding hydrogens is 670 g/mol. The van der Waals surface area contributed by atoms with Gasteiger partial charge in [0, 0.05) is 46.4 Å². The molecule has 0 saturated carbocycles. The molecule has 1 fully saturated rings. The van der Waals surface area contributed by atoms with Crippen molar-refractivity contribution >= 4 is 92.8 Å². The van der Waals surface area contributed by atoms with Crippen LogP contribution in [0.3, 0.4) is 0 Å². The van der Waals surface area contributed by atoms with Gasteiger partial charge in [0.2, 0.25) is 0 Å². The van der Waals surface area contributed by atoms with Gasteiger partial charge in [0.1, 0.15) is 21.0 Å². The summed E-state index contributed by atoms with van der Waals surface area (Å²) in [6, 6.07) is 14.8. The van der Waals surface area contributed by atoms with Crippen LogP contribution in [0, 0.1) is 0 Å². The highest BCUT2D eigenvalue weighted by molar-refractivity contribution is 9.11. The van der Waals surface area contributed by atoms with Crippen LogP contribution in [0.25, 0.3) is 38.2 Å². The summed E-state index contributed by atoms with van der Waals surface area (Å²) in [5, 5.41) is 9.92. The average Bonchev–Trinajstić information content (AvgIpc) is 3.57. The quantitative estimate of drug-likeness (QED) is 0.181. The average molecular weight is 697 g/mol.